The van der Waals surface area contributed by atoms with Crippen LogP contribution in [0.15, 0.2) is 36.4 Å². The summed E-state index contributed by atoms with van der Waals surface area (Å²) >= 11 is 0. The molecule has 0 aliphatic carbocycles. The maximum absolute atomic E-state index is 15.5. The molecular formula is C26H29FN4O4. The number of nitrogens with zero attached hydrogens (tertiary/aromatic N) is 3. The van der Waals surface area contributed by atoms with Gasteiger partial charge in [-0.3, -0.25) is 14.6 Å². The number of carbonyl (C=O) groups is 2. The summed E-state index contributed by atoms with van der Waals surface area (Å²) in [6, 6.07) is 8.80. The number of aromatic hydroxyl groups is 1. The number of imide groups is 1. The molecule has 0 unspecified atom stereocenters. The fraction of sp³-hybridized carbons (Fsp3) is 0.385. The van der Waals surface area contributed by atoms with Gasteiger partial charge in [0.1, 0.15) is 17.3 Å². The molecule has 0 bridgehead atoms. The number of fused-ring (bicyclic) bond motifs is 4. The van der Waals surface area contributed by atoms with E-state index in [1.54, 1.807) is 48.2 Å². The quantitative estimate of drug-likeness (QED) is 0.526. The number of benzene rings is 2. The Kier molecular flexibility index (Phi) is 5.47. The Morgan fingerprint density at radius 1 is 1.29 bits per heavy atom. The summed E-state index contributed by atoms with van der Waals surface area (Å²) in [7, 11) is 3.34. The standard InChI is InChI=1S/C26H29FN4O4/c1-5-29(3)11-12-30-24(33)26(2)14-17-20-18(9-10-19(35-4)21(20)27)28-22(17)23(31(26)25(30)34)15-7-6-8-16(32)13-15/h6-10,13,23,28,32H,5,11-12,14H2,1-4H3/t23-,26+/m1/s1. The Bertz CT molecular complexity index is 1340. The molecule has 1 saturated heterocycles. The predicted molar refractivity (Wildman–Crippen MR) is 129 cm³/mol. The summed E-state index contributed by atoms with van der Waals surface area (Å²) in [5, 5.41) is 10.6. The lowest BCUT2D eigenvalue weighted by molar-refractivity contribution is -0.133. The summed E-state index contributed by atoms with van der Waals surface area (Å²) in [6.07, 6.45) is 0.159. The second kappa shape index (κ2) is 8.27. The Balaban J connectivity index is 1.71. The third-order valence-corrected chi connectivity index (χ3v) is 7.38. The number of hydrogen-bond donors (Lipinski definition) is 2. The first-order chi connectivity index (χ1) is 16.7. The van der Waals surface area contributed by atoms with Crippen LogP contribution in [0.4, 0.5) is 9.18 Å². The fourth-order valence-electron chi connectivity index (χ4n) is 5.37. The van der Waals surface area contributed by atoms with Crippen LogP contribution in [0.3, 0.4) is 0 Å². The maximum atomic E-state index is 15.5. The van der Waals surface area contributed by atoms with E-state index in [2.05, 4.69) is 4.98 Å². The molecule has 1 aromatic heterocycles. The molecule has 2 aliphatic rings. The van der Waals surface area contributed by atoms with Gasteiger partial charge in [-0.05, 0) is 55.9 Å². The highest BCUT2D eigenvalue weighted by atomic mass is 19.1. The molecule has 2 N–H and O–H groups in total. The van der Waals surface area contributed by atoms with Crippen molar-refractivity contribution in [2.24, 2.45) is 0 Å². The van der Waals surface area contributed by atoms with Gasteiger partial charge in [-0.1, -0.05) is 19.1 Å². The smallest absolute Gasteiger partial charge is 0.328 e. The molecule has 1 fully saturated rings. The number of urea groups is 1. The number of likely N-dealkylation sites (N-methyl/N-ethyl adjacent to an activating group) is 1. The molecule has 8 nitrogen and oxygen atoms in total. The van der Waals surface area contributed by atoms with Crippen molar-refractivity contribution in [2.75, 3.05) is 33.8 Å². The molecule has 184 valence electrons. The van der Waals surface area contributed by atoms with Crippen LogP contribution in [0.1, 0.15) is 36.7 Å². The van der Waals surface area contributed by atoms with Crippen molar-refractivity contribution in [1.29, 1.82) is 0 Å². The van der Waals surface area contributed by atoms with Crippen LogP contribution in [0.5, 0.6) is 11.5 Å². The topological polar surface area (TPSA) is 89.1 Å². The van der Waals surface area contributed by atoms with Crippen LogP contribution in [-0.4, -0.2) is 76.1 Å². The minimum Gasteiger partial charge on any atom is -0.508 e. The van der Waals surface area contributed by atoms with Crippen LogP contribution in [0.25, 0.3) is 10.9 Å². The molecule has 3 amide bonds. The molecule has 2 aliphatic heterocycles. The van der Waals surface area contributed by atoms with E-state index in [4.69, 9.17) is 4.74 Å². The highest BCUT2D eigenvalue weighted by Gasteiger charge is 2.60. The van der Waals surface area contributed by atoms with E-state index < -0.39 is 23.4 Å². The Morgan fingerprint density at radius 3 is 2.74 bits per heavy atom. The van der Waals surface area contributed by atoms with E-state index in [0.717, 1.165) is 6.54 Å². The van der Waals surface area contributed by atoms with Crippen molar-refractivity contribution in [1.82, 2.24) is 19.7 Å². The first-order valence-electron chi connectivity index (χ1n) is 11.7. The number of methoxy groups -OCH3 is 1. The largest absolute Gasteiger partial charge is 0.508 e. The minimum absolute atomic E-state index is 0.0414. The molecule has 0 radical (unpaired) electrons. The molecular weight excluding hydrogens is 451 g/mol. The molecule has 5 rings (SSSR count). The molecule has 9 heteroatoms. The lowest BCUT2D eigenvalue weighted by atomic mass is 9.81. The fourth-order valence-corrected chi connectivity index (χ4v) is 5.37. The van der Waals surface area contributed by atoms with Gasteiger partial charge in [0.15, 0.2) is 11.6 Å². The van der Waals surface area contributed by atoms with Crippen LogP contribution >= 0.6 is 0 Å². The van der Waals surface area contributed by atoms with Crippen LogP contribution in [-0.2, 0) is 11.2 Å². The highest BCUT2D eigenvalue weighted by Crippen LogP contribution is 2.49. The van der Waals surface area contributed by atoms with Crippen molar-refractivity contribution in [3.05, 3.63) is 59.0 Å². The number of carbonyl (C=O) groups excluding carboxylic acids is 2. The average Bonchev–Trinajstić information content (AvgIpc) is 3.29. The third kappa shape index (κ3) is 3.36. The van der Waals surface area contributed by atoms with Gasteiger partial charge >= 0.3 is 6.03 Å². The Hall–Kier alpha value is -3.59. The number of ether oxygens (including phenoxy) is 1. The van der Waals surface area contributed by atoms with Crippen molar-refractivity contribution < 1.29 is 23.8 Å². The van der Waals surface area contributed by atoms with Gasteiger partial charge in [0.2, 0.25) is 0 Å². The zero-order valence-corrected chi connectivity index (χ0v) is 20.3. The van der Waals surface area contributed by atoms with Gasteiger partial charge in [-0.15, -0.1) is 0 Å². The molecule has 2 aromatic carbocycles. The van der Waals surface area contributed by atoms with E-state index >= 15 is 4.39 Å². The second-order valence-electron chi connectivity index (χ2n) is 9.48. The summed E-state index contributed by atoms with van der Waals surface area (Å²) in [4.78, 5) is 35.7. The van der Waals surface area contributed by atoms with Crippen molar-refractivity contribution in [3.8, 4) is 11.5 Å². The second-order valence-corrected chi connectivity index (χ2v) is 9.48. The monoisotopic (exact) mass is 480 g/mol. The Morgan fingerprint density at radius 2 is 2.06 bits per heavy atom. The summed E-state index contributed by atoms with van der Waals surface area (Å²) in [5.41, 5.74) is 1.24. The molecule has 35 heavy (non-hydrogen) atoms. The van der Waals surface area contributed by atoms with E-state index in [1.165, 1.54) is 12.0 Å². The number of hydrogen-bond acceptors (Lipinski definition) is 5. The van der Waals surface area contributed by atoms with Gasteiger partial charge < -0.3 is 19.7 Å². The zero-order chi connectivity index (χ0) is 25.1. The lowest BCUT2D eigenvalue weighted by Gasteiger charge is -2.42. The van der Waals surface area contributed by atoms with E-state index in [1.807, 2.05) is 18.9 Å². The number of amides is 3. The number of H-pyrrole nitrogens is 1. The van der Waals surface area contributed by atoms with Crippen LogP contribution in [0.2, 0.25) is 0 Å². The van der Waals surface area contributed by atoms with Gasteiger partial charge in [0, 0.05) is 36.1 Å². The molecule has 3 heterocycles. The number of rotatable bonds is 6. The van der Waals surface area contributed by atoms with Crippen LogP contribution in [0, 0.1) is 5.82 Å². The van der Waals surface area contributed by atoms with Gasteiger partial charge in [-0.25, -0.2) is 9.18 Å². The lowest BCUT2D eigenvalue weighted by Crippen LogP contribution is -2.53. The number of nitrogens with one attached hydrogen (secondary N) is 1. The molecule has 3 aromatic rings. The van der Waals surface area contributed by atoms with E-state index in [9.17, 15) is 14.7 Å². The zero-order valence-electron chi connectivity index (χ0n) is 20.3. The maximum Gasteiger partial charge on any atom is 0.328 e. The number of halogens is 1. The van der Waals surface area contributed by atoms with Crippen LogP contribution < -0.4 is 4.74 Å². The number of aromatic nitrogens is 1. The van der Waals surface area contributed by atoms with Crippen molar-refractivity contribution >= 4 is 22.8 Å². The molecule has 2 atom stereocenters. The average molecular weight is 481 g/mol. The van der Waals surface area contributed by atoms with Crippen molar-refractivity contribution in [2.45, 2.75) is 31.8 Å². The first-order valence-corrected chi connectivity index (χ1v) is 11.7. The van der Waals surface area contributed by atoms with E-state index in [-0.39, 0.29) is 30.4 Å². The minimum atomic E-state index is -1.21. The third-order valence-electron chi connectivity index (χ3n) is 7.38. The normalized spacial score (nSPS) is 21.7. The Labute approximate surface area is 202 Å². The van der Waals surface area contributed by atoms with Gasteiger partial charge in [-0.2, -0.15) is 0 Å². The predicted octanol–water partition coefficient (Wildman–Crippen LogP) is 3.64. The number of phenols is 1. The summed E-state index contributed by atoms with van der Waals surface area (Å²) in [6.45, 7) is 5.36. The van der Waals surface area contributed by atoms with Gasteiger partial charge in [0.25, 0.3) is 5.91 Å². The number of aromatic amines is 1. The van der Waals surface area contributed by atoms with Gasteiger partial charge in [0.05, 0.1) is 7.11 Å². The van der Waals surface area contributed by atoms with Crippen molar-refractivity contribution in [3.63, 3.8) is 0 Å². The van der Waals surface area contributed by atoms with E-state index in [0.29, 0.717) is 34.3 Å². The number of phenolic OH excluding ortho intramolecular Hbond substituents is 1. The summed E-state index contributed by atoms with van der Waals surface area (Å²) < 4.78 is 20.7. The SMILES string of the molecule is CCN(C)CCN1C(=O)N2[C@H](c3cccc(O)c3)c3[nH]c4ccc(OC)c(F)c4c3C[C@@]2(C)C1=O. The summed E-state index contributed by atoms with van der Waals surface area (Å²) in [5.74, 6) is -0.661. The molecule has 0 saturated carbocycles. The first kappa shape index (κ1) is 23.2. The highest BCUT2D eigenvalue weighted by molar-refractivity contribution is 6.08. The molecule has 0 spiro atoms.